The minimum atomic E-state index is 0.608. The van der Waals surface area contributed by atoms with E-state index in [-0.39, 0.29) is 0 Å². The van der Waals surface area contributed by atoms with E-state index >= 15 is 0 Å². The fourth-order valence-electron chi connectivity index (χ4n) is 0.786. The van der Waals surface area contributed by atoms with Gasteiger partial charge in [0.25, 0.3) is 0 Å². The monoisotopic (exact) mass is 195 g/mol. The topological polar surface area (TPSA) is 50.9 Å². The number of nitrogens with two attached hydrogens (primary N) is 1. The lowest BCUT2D eigenvalue weighted by atomic mass is 10.2. The highest BCUT2D eigenvalue weighted by Gasteiger charge is 2.01. The van der Waals surface area contributed by atoms with Crippen LogP contribution >= 0.6 is 11.3 Å². The summed E-state index contributed by atoms with van der Waals surface area (Å²) in [7, 11) is 0. The number of hydrogen-bond donors (Lipinski definition) is 2. The molecule has 13 heavy (non-hydrogen) atoms. The summed E-state index contributed by atoms with van der Waals surface area (Å²) in [6, 6.07) is 0. The van der Waals surface area contributed by atoms with Crippen LogP contribution in [0.2, 0.25) is 0 Å². The van der Waals surface area contributed by atoms with Crippen LogP contribution in [0.1, 0.15) is 5.69 Å². The van der Waals surface area contributed by atoms with Gasteiger partial charge in [0, 0.05) is 18.5 Å². The molecule has 1 rings (SSSR count). The van der Waals surface area contributed by atoms with Gasteiger partial charge in [-0.15, -0.1) is 11.3 Å². The number of rotatable bonds is 5. The standard InChI is InChI=1S/C9H13N3S/c1-3-7(2)8-6-13-9(12-8)11-5-4-10/h3,6H,1-2,4-5,10H2,(H,11,12). The van der Waals surface area contributed by atoms with E-state index < -0.39 is 0 Å². The van der Waals surface area contributed by atoms with Crippen LogP contribution in [0.25, 0.3) is 5.57 Å². The average molecular weight is 195 g/mol. The predicted octanol–water partition coefficient (Wildman–Crippen LogP) is 1.71. The maximum Gasteiger partial charge on any atom is 0.183 e. The number of anilines is 1. The van der Waals surface area contributed by atoms with Crippen molar-refractivity contribution in [2.75, 3.05) is 18.4 Å². The molecule has 0 aromatic carbocycles. The molecule has 0 aliphatic rings. The van der Waals surface area contributed by atoms with E-state index in [9.17, 15) is 0 Å². The van der Waals surface area contributed by atoms with Crippen LogP contribution in [0, 0.1) is 0 Å². The Kier molecular flexibility index (Phi) is 3.67. The van der Waals surface area contributed by atoms with Gasteiger partial charge in [0.1, 0.15) is 0 Å². The normalized spacial score (nSPS) is 9.62. The first-order valence-corrected chi connectivity index (χ1v) is 4.87. The molecule has 1 aromatic rings. The van der Waals surface area contributed by atoms with E-state index in [1.54, 1.807) is 17.4 Å². The third-order valence-corrected chi connectivity index (χ3v) is 2.30. The number of nitrogens with one attached hydrogen (secondary N) is 1. The van der Waals surface area contributed by atoms with Crippen molar-refractivity contribution in [2.24, 2.45) is 5.73 Å². The average Bonchev–Trinajstić information content (AvgIpc) is 2.62. The molecule has 0 spiro atoms. The van der Waals surface area contributed by atoms with Crippen molar-refractivity contribution in [1.29, 1.82) is 0 Å². The lowest BCUT2D eigenvalue weighted by Gasteiger charge is -1.97. The molecule has 0 saturated heterocycles. The van der Waals surface area contributed by atoms with Crippen LogP contribution < -0.4 is 11.1 Å². The van der Waals surface area contributed by atoms with Gasteiger partial charge in [0.2, 0.25) is 0 Å². The smallest absolute Gasteiger partial charge is 0.183 e. The summed E-state index contributed by atoms with van der Waals surface area (Å²) in [6.07, 6.45) is 1.70. The molecular formula is C9H13N3S. The highest BCUT2D eigenvalue weighted by molar-refractivity contribution is 7.13. The minimum Gasteiger partial charge on any atom is -0.360 e. The minimum absolute atomic E-state index is 0.608. The zero-order valence-corrected chi connectivity index (χ0v) is 8.23. The van der Waals surface area contributed by atoms with E-state index in [1.807, 2.05) is 5.38 Å². The first kappa shape index (κ1) is 9.95. The van der Waals surface area contributed by atoms with Crippen molar-refractivity contribution in [2.45, 2.75) is 0 Å². The number of hydrogen-bond acceptors (Lipinski definition) is 4. The van der Waals surface area contributed by atoms with Crippen molar-refractivity contribution in [3.8, 4) is 0 Å². The van der Waals surface area contributed by atoms with Gasteiger partial charge in [0.05, 0.1) is 5.69 Å². The molecule has 3 N–H and O–H groups in total. The highest BCUT2D eigenvalue weighted by atomic mass is 32.1. The van der Waals surface area contributed by atoms with E-state index in [0.29, 0.717) is 6.54 Å². The van der Waals surface area contributed by atoms with Gasteiger partial charge in [-0.1, -0.05) is 19.2 Å². The van der Waals surface area contributed by atoms with Gasteiger partial charge in [-0.05, 0) is 5.57 Å². The van der Waals surface area contributed by atoms with Gasteiger partial charge >= 0.3 is 0 Å². The van der Waals surface area contributed by atoms with Crippen LogP contribution in [-0.4, -0.2) is 18.1 Å². The fourth-order valence-corrected chi connectivity index (χ4v) is 1.55. The zero-order valence-electron chi connectivity index (χ0n) is 7.42. The first-order valence-electron chi connectivity index (χ1n) is 3.99. The Morgan fingerprint density at radius 1 is 1.77 bits per heavy atom. The zero-order chi connectivity index (χ0) is 9.68. The van der Waals surface area contributed by atoms with Crippen molar-refractivity contribution in [3.63, 3.8) is 0 Å². The number of aromatic nitrogens is 1. The largest absolute Gasteiger partial charge is 0.360 e. The molecular weight excluding hydrogens is 182 g/mol. The maximum atomic E-state index is 5.35. The van der Waals surface area contributed by atoms with Gasteiger partial charge in [-0.2, -0.15) is 0 Å². The number of nitrogens with zero attached hydrogens (tertiary/aromatic N) is 1. The molecule has 70 valence electrons. The van der Waals surface area contributed by atoms with Gasteiger partial charge in [-0.25, -0.2) is 4.98 Å². The Hall–Kier alpha value is -1.13. The summed E-state index contributed by atoms with van der Waals surface area (Å²) >= 11 is 1.55. The second-order valence-corrected chi connectivity index (χ2v) is 3.34. The third-order valence-electron chi connectivity index (χ3n) is 1.50. The quantitative estimate of drug-likeness (QED) is 0.703. The van der Waals surface area contributed by atoms with Crippen molar-refractivity contribution in [1.82, 2.24) is 4.98 Å². The molecule has 3 nitrogen and oxygen atoms in total. The Morgan fingerprint density at radius 2 is 2.54 bits per heavy atom. The van der Waals surface area contributed by atoms with Crippen LogP contribution in [0.4, 0.5) is 5.13 Å². The van der Waals surface area contributed by atoms with Crippen molar-refractivity contribution >= 4 is 22.0 Å². The molecule has 0 radical (unpaired) electrons. The number of allylic oxidation sites excluding steroid dienone is 2. The molecule has 1 heterocycles. The molecule has 0 aliphatic carbocycles. The van der Waals surface area contributed by atoms with E-state index in [4.69, 9.17) is 5.73 Å². The Balaban J connectivity index is 2.63. The first-order chi connectivity index (χ1) is 6.27. The summed E-state index contributed by atoms with van der Waals surface area (Å²) in [6.45, 7) is 8.80. The summed E-state index contributed by atoms with van der Waals surface area (Å²) < 4.78 is 0. The highest BCUT2D eigenvalue weighted by Crippen LogP contribution is 2.20. The van der Waals surface area contributed by atoms with E-state index in [1.165, 1.54) is 0 Å². The Bertz CT molecular complexity index is 304. The van der Waals surface area contributed by atoms with Crippen LogP contribution in [0.15, 0.2) is 24.6 Å². The van der Waals surface area contributed by atoms with E-state index in [2.05, 4.69) is 23.5 Å². The molecule has 0 bridgehead atoms. The summed E-state index contributed by atoms with van der Waals surface area (Å²) in [4.78, 5) is 4.30. The van der Waals surface area contributed by atoms with Crippen LogP contribution in [0.3, 0.4) is 0 Å². The molecule has 0 atom stereocenters. The molecule has 0 aliphatic heterocycles. The fraction of sp³-hybridized carbons (Fsp3) is 0.222. The van der Waals surface area contributed by atoms with Crippen LogP contribution in [-0.2, 0) is 0 Å². The molecule has 0 saturated carbocycles. The molecule has 0 fully saturated rings. The van der Waals surface area contributed by atoms with Crippen molar-refractivity contribution < 1.29 is 0 Å². The van der Waals surface area contributed by atoms with Gasteiger partial charge < -0.3 is 11.1 Å². The van der Waals surface area contributed by atoms with E-state index in [0.717, 1.165) is 22.9 Å². The SMILES string of the molecule is C=CC(=C)c1csc(NCCN)n1. The Labute approximate surface area is 82.0 Å². The van der Waals surface area contributed by atoms with Gasteiger partial charge in [-0.3, -0.25) is 0 Å². The Morgan fingerprint density at radius 3 is 3.15 bits per heavy atom. The second kappa shape index (κ2) is 4.79. The third kappa shape index (κ3) is 2.68. The number of thiazole rings is 1. The molecule has 0 amide bonds. The maximum absolute atomic E-state index is 5.35. The van der Waals surface area contributed by atoms with Crippen LogP contribution in [0.5, 0.6) is 0 Å². The molecule has 1 aromatic heterocycles. The summed E-state index contributed by atoms with van der Waals surface area (Å²) in [5.41, 5.74) is 7.07. The lowest BCUT2D eigenvalue weighted by Crippen LogP contribution is -2.12. The second-order valence-electron chi connectivity index (χ2n) is 2.48. The lowest BCUT2D eigenvalue weighted by molar-refractivity contribution is 1.02. The van der Waals surface area contributed by atoms with Gasteiger partial charge in [0.15, 0.2) is 5.13 Å². The summed E-state index contributed by atoms with van der Waals surface area (Å²) in [5, 5.41) is 5.93. The van der Waals surface area contributed by atoms with Crippen molar-refractivity contribution in [3.05, 3.63) is 30.3 Å². The molecule has 0 unspecified atom stereocenters. The molecule has 4 heteroatoms. The summed E-state index contributed by atoms with van der Waals surface area (Å²) in [5.74, 6) is 0. The predicted molar refractivity (Wildman–Crippen MR) is 58.9 cm³/mol.